The van der Waals surface area contributed by atoms with Crippen LogP contribution < -0.4 is 42.6 Å². The minimum Gasteiger partial charge on any atom is -0.496 e. The van der Waals surface area contributed by atoms with Gasteiger partial charge in [-0.15, -0.1) is 49.3 Å². The van der Waals surface area contributed by atoms with Crippen LogP contribution >= 0.6 is 79.6 Å². The number of aryl methyl sites for hydroxylation is 1. The van der Waals surface area contributed by atoms with Crippen LogP contribution in [0.15, 0.2) is 150 Å². The van der Waals surface area contributed by atoms with E-state index in [1.54, 1.807) is 93.0 Å². The molecule has 0 saturated carbocycles. The molecule has 0 bridgehead atoms. The Bertz CT molecular complexity index is 6170. The minimum atomic E-state index is -1.15. The molecule has 13 heterocycles. The minimum absolute atomic E-state index is 0.101. The number of benzene rings is 5. The Hall–Kier alpha value is -11.4. The van der Waals surface area contributed by atoms with Crippen LogP contribution in [0.1, 0.15) is 34.5 Å². The smallest absolute Gasteiger partial charge is 0.294 e. The lowest BCUT2D eigenvalue weighted by atomic mass is 9.98. The summed E-state index contributed by atoms with van der Waals surface area (Å²) in [6.07, 6.45) is 4.17. The van der Waals surface area contributed by atoms with Gasteiger partial charge >= 0.3 is 0 Å². The number of fused-ring (bicyclic) bond motifs is 6. The van der Waals surface area contributed by atoms with Crippen molar-refractivity contribution in [2.45, 2.75) is 26.2 Å². The predicted octanol–water partition coefficient (Wildman–Crippen LogP) is 17.6. The van der Waals surface area contributed by atoms with Gasteiger partial charge in [0.2, 0.25) is 14.9 Å². The number of rotatable bonds is 23. The van der Waals surface area contributed by atoms with Gasteiger partial charge in [-0.2, -0.15) is 0 Å². The average molecular weight is 1510 g/mol. The standard InChI is InChI=1S/C70H48ClN13O13S6/c1-32-16-43(81-97-32)64-74-47(31-100-64)61(57-42(71)22-49(92-27-34-29-98-62(72-34)33-12-9-8-10-13-33)40-20-53(96-60(40)57)45-25-83-66(76-45)102-69(79-83)89-6)94-51-23-55(86-3)56(59-41(51)21-54(95-59)46-26-84-67(77-46)103-70(80-84)90-7)37-14-11-15-38(58(37)87-4)63-73-35(30-99-63)28-91-48-17-36(85-2)18-50-39(48)19-52(93-50)44-24-82-65(75-44)101-68(78-82)88-5/h8-26,29-31,61H,27-28H2,1-7H3. The van der Waals surface area contributed by atoms with Gasteiger partial charge < -0.3 is 60.4 Å². The summed E-state index contributed by atoms with van der Waals surface area (Å²) >= 11 is 15.9. The van der Waals surface area contributed by atoms with Crippen molar-refractivity contribution in [1.82, 2.24) is 63.9 Å². The molecule has 0 radical (unpaired) electrons. The molecule has 33 heteroatoms. The van der Waals surface area contributed by atoms with E-state index >= 15 is 0 Å². The third-order valence-electron chi connectivity index (χ3n) is 16.6. The number of furan rings is 3. The second kappa shape index (κ2) is 25.9. The van der Waals surface area contributed by atoms with Crippen molar-refractivity contribution in [3.8, 4) is 127 Å². The van der Waals surface area contributed by atoms with Crippen molar-refractivity contribution >= 4 is 127 Å². The van der Waals surface area contributed by atoms with Crippen LogP contribution in [0.4, 0.5) is 0 Å². The predicted molar refractivity (Wildman–Crippen MR) is 390 cm³/mol. The maximum atomic E-state index is 7.74. The SMILES string of the molecule is COc1cc(OCc2csc(-c3cccc(-c4c(OC)cc(OC(c5csc(-c6cc(C)on6)n5)c5c(Cl)cc(OCc6csc(-c7ccccc7)n6)c6cc(-c7cn8nc(OC)sc8n7)oc56)c5cc(-c6cn7nc(OC)sc7n6)oc45)c3OC)n2)c2cc(-c3cn4nc(OC)sc4n3)oc2c1. The van der Waals surface area contributed by atoms with E-state index in [4.69, 9.17) is 102 Å². The van der Waals surface area contributed by atoms with Gasteiger partial charge in [0.1, 0.15) is 108 Å². The van der Waals surface area contributed by atoms with Crippen molar-refractivity contribution in [1.29, 1.82) is 0 Å². The lowest BCUT2D eigenvalue weighted by Gasteiger charge is -2.22. The highest BCUT2D eigenvalue weighted by Crippen LogP contribution is 2.53. The molecule has 1 unspecified atom stereocenters. The highest BCUT2D eigenvalue weighted by Gasteiger charge is 2.34. The molecule has 13 aromatic heterocycles. The van der Waals surface area contributed by atoms with E-state index in [9.17, 15) is 0 Å². The molecule has 0 saturated heterocycles. The number of aromatic nitrogens is 13. The second-order valence-electron chi connectivity index (χ2n) is 22.9. The Morgan fingerprint density at radius 2 is 1.08 bits per heavy atom. The summed E-state index contributed by atoms with van der Waals surface area (Å²) in [6.45, 7) is 2.03. The second-order valence-corrected chi connectivity index (χ2v) is 28.6. The van der Waals surface area contributed by atoms with E-state index in [0.29, 0.717) is 182 Å². The summed E-state index contributed by atoms with van der Waals surface area (Å²) in [6, 6.07) is 30.4. The summed E-state index contributed by atoms with van der Waals surface area (Å²) in [5, 5.41) is 29.1. The fourth-order valence-electron chi connectivity index (χ4n) is 11.9. The van der Waals surface area contributed by atoms with Gasteiger partial charge in [0.05, 0.1) is 116 Å². The Morgan fingerprint density at radius 3 is 1.68 bits per heavy atom. The van der Waals surface area contributed by atoms with E-state index in [1.807, 2.05) is 102 Å². The lowest BCUT2D eigenvalue weighted by molar-refractivity contribution is 0.245. The Balaban J connectivity index is 0.749. The number of nitrogens with zero attached hydrogens (tertiary/aromatic N) is 13. The Labute approximate surface area is 609 Å². The molecule has 514 valence electrons. The van der Waals surface area contributed by atoms with Gasteiger partial charge in [-0.25, -0.2) is 43.5 Å². The third-order valence-corrected chi connectivity index (χ3v) is 22.3. The molecule has 0 amide bonds. The zero-order valence-electron chi connectivity index (χ0n) is 54.6. The van der Waals surface area contributed by atoms with Gasteiger partial charge in [0.25, 0.3) is 15.6 Å². The van der Waals surface area contributed by atoms with Crippen LogP contribution in [0.5, 0.6) is 50.1 Å². The topological polar surface area (TPSA) is 278 Å². The molecule has 1 atom stereocenters. The molecule has 0 spiro atoms. The molecule has 0 N–H and O–H groups in total. The number of hydrogen-bond donors (Lipinski definition) is 0. The normalized spacial score (nSPS) is 12.1. The average Bonchev–Trinajstić information content (AvgIpc) is 1.65. The van der Waals surface area contributed by atoms with Crippen molar-refractivity contribution < 1.29 is 60.4 Å². The summed E-state index contributed by atoms with van der Waals surface area (Å²) in [5.41, 5.74) is 8.34. The fraction of sp³-hybridized carbons (Fsp3) is 0.143. The number of hydrogen-bond acceptors (Lipinski definition) is 29. The van der Waals surface area contributed by atoms with Crippen LogP contribution in [-0.2, 0) is 13.2 Å². The quantitative estimate of drug-likeness (QED) is 0.0575. The first-order chi connectivity index (χ1) is 50.4. The van der Waals surface area contributed by atoms with Crippen LogP contribution in [0.3, 0.4) is 0 Å². The summed E-state index contributed by atoms with van der Waals surface area (Å²) in [4.78, 5) is 31.7. The first-order valence-electron chi connectivity index (χ1n) is 31.1. The van der Waals surface area contributed by atoms with Crippen molar-refractivity contribution in [2.75, 3.05) is 42.7 Å². The van der Waals surface area contributed by atoms with Gasteiger partial charge in [0, 0.05) is 57.6 Å². The highest BCUT2D eigenvalue weighted by molar-refractivity contribution is 7.19. The molecule has 26 nitrogen and oxygen atoms in total. The van der Waals surface area contributed by atoms with Crippen molar-refractivity contribution in [3.63, 3.8) is 0 Å². The number of methoxy groups -OCH3 is 6. The number of ether oxygens (including phenoxy) is 9. The van der Waals surface area contributed by atoms with Crippen molar-refractivity contribution in [2.24, 2.45) is 0 Å². The number of halogens is 1. The molecular formula is C70H48ClN13O13S6. The molecule has 103 heavy (non-hydrogen) atoms. The zero-order valence-corrected chi connectivity index (χ0v) is 60.3. The summed E-state index contributed by atoms with van der Waals surface area (Å²) in [7, 11) is 9.46. The molecule has 0 fully saturated rings. The van der Waals surface area contributed by atoms with E-state index < -0.39 is 6.10 Å². The first kappa shape index (κ1) is 63.8. The Kier molecular flexibility index (Phi) is 16.0. The number of para-hydroxylation sites is 1. The zero-order chi connectivity index (χ0) is 69.7. The highest BCUT2D eigenvalue weighted by atomic mass is 35.5. The van der Waals surface area contributed by atoms with Crippen LogP contribution in [-0.4, -0.2) is 107 Å². The Morgan fingerprint density at radius 1 is 0.495 bits per heavy atom. The van der Waals surface area contributed by atoms with E-state index in [1.165, 1.54) is 68.0 Å². The van der Waals surface area contributed by atoms with Crippen molar-refractivity contribution in [3.05, 3.63) is 165 Å². The van der Waals surface area contributed by atoms with Crippen LogP contribution in [0, 0.1) is 6.92 Å². The third kappa shape index (κ3) is 11.5. The van der Waals surface area contributed by atoms with Crippen LogP contribution in [0.2, 0.25) is 5.02 Å². The van der Waals surface area contributed by atoms with Gasteiger partial charge in [0.15, 0.2) is 23.4 Å². The largest absolute Gasteiger partial charge is 0.496 e. The lowest BCUT2D eigenvalue weighted by Crippen LogP contribution is -2.12. The molecule has 0 aliphatic carbocycles. The monoisotopic (exact) mass is 1510 g/mol. The first-order valence-corrected chi connectivity index (χ1v) is 36.6. The van der Waals surface area contributed by atoms with Crippen LogP contribution in [0.25, 0.3) is 125 Å². The summed E-state index contributed by atoms with van der Waals surface area (Å²) < 4.78 is 86.6. The molecular weight excluding hydrogens is 1460 g/mol. The van der Waals surface area contributed by atoms with E-state index in [0.717, 1.165) is 21.7 Å². The fourth-order valence-corrected chi connectivity index (χ4v) is 16.7. The summed E-state index contributed by atoms with van der Waals surface area (Å²) in [5.74, 6) is 4.50. The van der Waals surface area contributed by atoms with E-state index in [-0.39, 0.29) is 18.2 Å². The number of thiazole rings is 3. The number of imidazole rings is 3. The van der Waals surface area contributed by atoms with Gasteiger partial charge in [-0.1, -0.05) is 59.2 Å². The molecule has 0 aliphatic rings. The molecule has 18 rings (SSSR count). The molecule has 5 aromatic carbocycles. The van der Waals surface area contributed by atoms with Gasteiger partial charge in [-0.05, 0) is 65.2 Å². The molecule has 18 aromatic rings. The van der Waals surface area contributed by atoms with Gasteiger partial charge in [-0.3, -0.25) is 0 Å². The molecule has 0 aliphatic heterocycles. The maximum Gasteiger partial charge on any atom is 0.294 e. The van der Waals surface area contributed by atoms with E-state index in [2.05, 4.69) is 20.5 Å². The maximum absolute atomic E-state index is 7.74.